The average Bonchev–Trinajstić information content (AvgIpc) is 2.78. The first kappa shape index (κ1) is 21.7. The van der Waals surface area contributed by atoms with Gasteiger partial charge in [-0.2, -0.15) is 4.72 Å². The maximum atomic E-state index is 12.6. The number of hydrogen-bond acceptors (Lipinski definition) is 6. The largest absolute Gasteiger partial charge is 0.460 e. The third kappa shape index (κ3) is 5.32. The van der Waals surface area contributed by atoms with E-state index in [0.29, 0.717) is 5.56 Å². The second-order valence-electron chi connectivity index (χ2n) is 6.26. The van der Waals surface area contributed by atoms with E-state index in [-0.39, 0.29) is 21.3 Å². The number of carbonyl (C=O) groups excluding carboxylic acids is 1. The van der Waals surface area contributed by atoms with Crippen LogP contribution < -0.4 is 4.72 Å². The first-order valence-electron chi connectivity index (χ1n) is 8.88. The molecule has 7 nitrogen and oxygen atoms in total. The Morgan fingerprint density at radius 3 is 1.77 bits per heavy atom. The summed E-state index contributed by atoms with van der Waals surface area (Å²) in [5, 5.41) is 0. The lowest BCUT2D eigenvalue weighted by molar-refractivity contribution is -0.143. The number of benzene rings is 3. The zero-order valence-electron chi connectivity index (χ0n) is 15.8. The Kier molecular flexibility index (Phi) is 6.66. The molecule has 0 radical (unpaired) electrons. The van der Waals surface area contributed by atoms with Gasteiger partial charge in [0.25, 0.3) is 0 Å². The molecule has 0 spiro atoms. The van der Waals surface area contributed by atoms with Crippen LogP contribution in [0.25, 0.3) is 0 Å². The molecule has 0 unspecified atom stereocenters. The molecule has 3 rings (SSSR count). The Morgan fingerprint density at radius 1 is 0.700 bits per heavy atom. The number of carbonyl (C=O) groups is 1. The van der Waals surface area contributed by atoms with Gasteiger partial charge >= 0.3 is 5.97 Å². The van der Waals surface area contributed by atoms with Crippen LogP contribution in [0.3, 0.4) is 0 Å². The predicted octanol–water partition coefficient (Wildman–Crippen LogP) is 2.54. The minimum Gasteiger partial charge on any atom is -0.460 e. The molecule has 0 amide bonds. The first-order chi connectivity index (χ1) is 14.3. The van der Waals surface area contributed by atoms with Crippen molar-refractivity contribution in [2.45, 2.75) is 21.3 Å². The van der Waals surface area contributed by atoms with Crippen LogP contribution >= 0.6 is 0 Å². The van der Waals surface area contributed by atoms with Crippen molar-refractivity contribution in [1.82, 2.24) is 4.72 Å². The molecule has 156 valence electrons. The van der Waals surface area contributed by atoms with Crippen LogP contribution in [0.4, 0.5) is 0 Å². The highest BCUT2D eigenvalue weighted by Gasteiger charge is 2.18. The van der Waals surface area contributed by atoms with E-state index in [2.05, 4.69) is 4.72 Å². The maximum Gasteiger partial charge on any atom is 0.321 e. The summed E-state index contributed by atoms with van der Waals surface area (Å²) in [7, 11) is -7.43. The molecule has 3 aromatic carbocycles. The standard InChI is InChI=1S/C21H19NO6S2/c23-21(15-22-30(26,27)20-9-5-2-6-10-20)28-16-17-11-13-19(14-12-17)29(24,25)18-7-3-1-4-8-18/h1-14,22H,15-16H2. The van der Waals surface area contributed by atoms with E-state index < -0.39 is 32.4 Å². The predicted molar refractivity (Wildman–Crippen MR) is 110 cm³/mol. The highest BCUT2D eigenvalue weighted by Crippen LogP contribution is 2.21. The lowest BCUT2D eigenvalue weighted by Gasteiger charge is -2.08. The molecule has 0 fully saturated rings. The van der Waals surface area contributed by atoms with E-state index in [1.54, 1.807) is 36.4 Å². The van der Waals surface area contributed by atoms with Crippen molar-refractivity contribution in [3.8, 4) is 0 Å². The van der Waals surface area contributed by atoms with Crippen molar-refractivity contribution in [1.29, 1.82) is 0 Å². The van der Waals surface area contributed by atoms with Crippen LogP contribution in [-0.4, -0.2) is 29.3 Å². The molecule has 0 aliphatic rings. The van der Waals surface area contributed by atoms with E-state index in [0.717, 1.165) is 0 Å². The average molecular weight is 446 g/mol. The number of nitrogens with one attached hydrogen (secondary N) is 1. The van der Waals surface area contributed by atoms with Gasteiger partial charge < -0.3 is 4.74 Å². The third-order valence-electron chi connectivity index (χ3n) is 4.15. The molecule has 3 aromatic rings. The number of ether oxygens (including phenoxy) is 1. The molecule has 9 heteroatoms. The number of rotatable bonds is 8. The van der Waals surface area contributed by atoms with Gasteiger partial charge in [-0.1, -0.05) is 48.5 Å². The molecular formula is C21H19NO6S2. The Bertz CT molecular complexity index is 1210. The molecule has 0 saturated carbocycles. The van der Waals surface area contributed by atoms with Crippen molar-refractivity contribution in [2.24, 2.45) is 0 Å². The van der Waals surface area contributed by atoms with Gasteiger partial charge in [0.05, 0.1) is 14.7 Å². The van der Waals surface area contributed by atoms with Crippen LogP contribution in [-0.2, 0) is 36.0 Å². The van der Waals surface area contributed by atoms with Crippen molar-refractivity contribution in [3.63, 3.8) is 0 Å². The van der Waals surface area contributed by atoms with Gasteiger partial charge in [0, 0.05) is 0 Å². The normalized spacial score (nSPS) is 11.7. The Balaban J connectivity index is 1.56. The highest BCUT2D eigenvalue weighted by molar-refractivity contribution is 7.91. The summed E-state index contributed by atoms with van der Waals surface area (Å²) in [6.07, 6.45) is 0. The minimum atomic E-state index is -3.80. The van der Waals surface area contributed by atoms with Gasteiger partial charge in [-0.05, 0) is 42.0 Å². The second kappa shape index (κ2) is 9.21. The minimum absolute atomic E-state index is 0.0491. The number of sulfonamides is 1. The summed E-state index contributed by atoms with van der Waals surface area (Å²) in [4.78, 5) is 12.2. The number of hydrogen-bond donors (Lipinski definition) is 1. The van der Waals surface area contributed by atoms with Gasteiger partial charge in [-0.3, -0.25) is 4.79 Å². The molecule has 0 saturated heterocycles. The zero-order valence-corrected chi connectivity index (χ0v) is 17.4. The van der Waals surface area contributed by atoms with E-state index in [4.69, 9.17) is 4.74 Å². The molecule has 0 aliphatic heterocycles. The lowest BCUT2D eigenvalue weighted by atomic mass is 10.2. The fourth-order valence-corrected chi connectivity index (χ4v) is 4.82. The van der Waals surface area contributed by atoms with Gasteiger partial charge in [0.2, 0.25) is 19.9 Å². The lowest BCUT2D eigenvalue weighted by Crippen LogP contribution is -2.30. The Hall–Kier alpha value is -3.01. The van der Waals surface area contributed by atoms with E-state index in [9.17, 15) is 21.6 Å². The molecule has 30 heavy (non-hydrogen) atoms. The van der Waals surface area contributed by atoms with Crippen molar-refractivity contribution >= 4 is 25.8 Å². The van der Waals surface area contributed by atoms with E-state index >= 15 is 0 Å². The van der Waals surface area contributed by atoms with Crippen LogP contribution in [0.15, 0.2) is 99.6 Å². The van der Waals surface area contributed by atoms with Crippen LogP contribution in [0.1, 0.15) is 5.56 Å². The molecule has 0 aromatic heterocycles. The fourth-order valence-electron chi connectivity index (χ4n) is 2.55. The van der Waals surface area contributed by atoms with Gasteiger partial charge in [0.1, 0.15) is 13.2 Å². The summed E-state index contributed by atoms with van der Waals surface area (Å²) in [6, 6.07) is 21.7. The summed E-state index contributed by atoms with van der Waals surface area (Å²) >= 11 is 0. The first-order valence-corrected chi connectivity index (χ1v) is 11.8. The zero-order chi connectivity index (χ0) is 21.6. The number of sulfone groups is 1. The third-order valence-corrected chi connectivity index (χ3v) is 7.35. The van der Waals surface area contributed by atoms with Crippen LogP contribution in [0.5, 0.6) is 0 Å². The van der Waals surface area contributed by atoms with E-state index in [1.165, 1.54) is 48.5 Å². The molecule has 0 aliphatic carbocycles. The molecule has 0 atom stereocenters. The van der Waals surface area contributed by atoms with Gasteiger partial charge in [-0.25, -0.2) is 16.8 Å². The SMILES string of the molecule is O=C(CNS(=O)(=O)c1ccccc1)OCc1ccc(S(=O)(=O)c2ccccc2)cc1. The maximum absolute atomic E-state index is 12.6. The summed E-state index contributed by atoms with van der Waals surface area (Å²) in [5.74, 6) is -0.754. The smallest absolute Gasteiger partial charge is 0.321 e. The molecule has 0 bridgehead atoms. The van der Waals surface area contributed by atoms with Gasteiger partial charge in [-0.15, -0.1) is 0 Å². The Labute approximate surface area is 175 Å². The van der Waals surface area contributed by atoms with Gasteiger partial charge in [0.15, 0.2) is 0 Å². The fraction of sp³-hybridized carbons (Fsp3) is 0.0952. The van der Waals surface area contributed by atoms with Crippen molar-refractivity contribution < 1.29 is 26.4 Å². The topological polar surface area (TPSA) is 107 Å². The van der Waals surface area contributed by atoms with E-state index in [1.807, 2.05) is 0 Å². The van der Waals surface area contributed by atoms with Crippen molar-refractivity contribution in [3.05, 3.63) is 90.5 Å². The molecular weight excluding hydrogens is 426 g/mol. The monoisotopic (exact) mass is 445 g/mol. The molecule has 0 heterocycles. The van der Waals surface area contributed by atoms with Crippen LogP contribution in [0.2, 0.25) is 0 Å². The van der Waals surface area contributed by atoms with Crippen molar-refractivity contribution in [2.75, 3.05) is 6.54 Å². The molecule has 1 N–H and O–H groups in total. The summed E-state index contributed by atoms with van der Waals surface area (Å²) in [5.41, 5.74) is 0.571. The second-order valence-corrected chi connectivity index (χ2v) is 9.98. The quantitative estimate of drug-likeness (QED) is 0.534. The highest BCUT2D eigenvalue weighted by atomic mass is 32.2. The Morgan fingerprint density at radius 2 is 1.20 bits per heavy atom. The summed E-state index contributed by atoms with van der Waals surface area (Å²) < 4.78 is 56.5. The summed E-state index contributed by atoms with van der Waals surface area (Å²) in [6.45, 7) is -0.630. The number of esters is 1. The van der Waals surface area contributed by atoms with Crippen LogP contribution in [0, 0.1) is 0 Å².